The van der Waals surface area contributed by atoms with Crippen LogP contribution < -0.4 is 4.74 Å². The molecular weight excluding hydrogens is 288 g/mol. The largest absolute Gasteiger partial charge is 0.493 e. The topological polar surface area (TPSA) is 43.2 Å². The zero-order valence-electron chi connectivity index (χ0n) is 14.1. The second kappa shape index (κ2) is 7.59. The van der Waals surface area contributed by atoms with Crippen LogP contribution in [0.4, 0.5) is 0 Å². The normalized spacial score (nSPS) is 19.0. The molecule has 2 heterocycles. The predicted molar refractivity (Wildman–Crippen MR) is 90.6 cm³/mol. The van der Waals surface area contributed by atoms with Crippen LogP contribution in [0.5, 0.6) is 5.75 Å². The van der Waals surface area contributed by atoms with Gasteiger partial charge in [-0.15, -0.1) is 10.2 Å². The fourth-order valence-electron chi connectivity index (χ4n) is 3.19. The van der Waals surface area contributed by atoms with E-state index in [1.54, 1.807) is 0 Å². The standard InChI is InChI=1S/C18H26N4O/c1-15-5-3-7-18(11-15)23-13-17-6-4-8-21(12-17)9-10-22-14-19-20-16(22)2/h3,5,7,11,14,17H,4,6,8-10,12-13H2,1-2H3/t17-/m0/s1. The minimum absolute atomic E-state index is 0.617. The van der Waals surface area contributed by atoms with Crippen LogP contribution in [-0.2, 0) is 6.54 Å². The summed E-state index contributed by atoms with van der Waals surface area (Å²) in [5, 5.41) is 7.98. The summed E-state index contributed by atoms with van der Waals surface area (Å²) in [4.78, 5) is 2.53. The minimum atomic E-state index is 0.617. The summed E-state index contributed by atoms with van der Waals surface area (Å²) in [6, 6.07) is 8.30. The van der Waals surface area contributed by atoms with Gasteiger partial charge in [0.15, 0.2) is 0 Å². The number of piperidine rings is 1. The van der Waals surface area contributed by atoms with Crippen LogP contribution in [0, 0.1) is 19.8 Å². The Morgan fingerprint density at radius 3 is 2.96 bits per heavy atom. The number of ether oxygens (including phenoxy) is 1. The first kappa shape index (κ1) is 16.0. The maximum absolute atomic E-state index is 5.99. The first-order valence-electron chi connectivity index (χ1n) is 8.47. The van der Waals surface area contributed by atoms with Gasteiger partial charge < -0.3 is 14.2 Å². The van der Waals surface area contributed by atoms with Crippen molar-refractivity contribution in [2.75, 3.05) is 26.2 Å². The van der Waals surface area contributed by atoms with Crippen LogP contribution in [-0.4, -0.2) is 45.9 Å². The Balaban J connectivity index is 1.45. The molecule has 0 unspecified atom stereocenters. The summed E-state index contributed by atoms with van der Waals surface area (Å²) in [7, 11) is 0. The lowest BCUT2D eigenvalue weighted by molar-refractivity contribution is 0.127. The summed E-state index contributed by atoms with van der Waals surface area (Å²) >= 11 is 0. The lowest BCUT2D eigenvalue weighted by atomic mass is 9.99. The van der Waals surface area contributed by atoms with Crippen LogP contribution in [0.15, 0.2) is 30.6 Å². The van der Waals surface area contributed by atoms with Crippen LogP contribution in [0.25, 0.3) is 0 Å². The average Bonchev–Trinajstić information content (AvgIpc) is 2.97. The van der Waals surface area contributed by atoms with Crippen LogP contribution >= 0.6 is 0 Å². The van der Waals surface area contributed by atoms with Crippen molar-refractivity contribution >= 4 is 0 Å². The predicted octanol–water partition coefficient (Wildman–Crippen LogP) is 2.69. The first-order valence-corrected chi connectivity index (χ1v) is 8.47. The molecule has 0 spiro atoms. The molecule has 0 bridgehead atoms. The van der Waals surface area contributed by atoms with Gasteiger partial charge in [0, 0.05) is 25.6 Å². The molecule has 1 aromatic heterocycles. The second-order valence-corrected chi connectivity index (χ2v) is 6.51. The molecule has 1 atom stereocenters. The van der Waals surface area contributed by atoms with E-state index < -0.39 is 0 Å². The van der Waals surface area contributed by atoms with Crippen molar-refractivity contribution in [3.05, 3.63) is 42.0 Å². The molecule has 5 nitrogen and oxygen atoms in total. The first-order chi connectivity index (χ1) is 11.2. The molecule has 0 radical (unpaired) electrons. The highest BCUT2D eigenvalue weighted by atomic mass is 16.5. The van der Waals surface area contributed by atoms with E-state index in [9.17, 15) is 0 Å². The van der Waals surface area contributed by atoms with Crippen LogP contribution in [0.2, 0.25) is 0 Å². The zero-order chi connectivity index (χ0) is 16.1. The third kappa shape index (κ3) is 4.55. The van der Waals surface area contributed by atoms with E-state index in [0.29, 0.717) is 5.92 Å². The number of benzene rings is 1. The number of rotatable bonds is 6. The molecule has 124 valence electrons. The van der Waals surface area contributed by atoms with E-state index in [0.717, 1.165) is 37.8 Å². The van der Waals surface area contributed by atoms with Crippen molar-refractivity contribution in [1.82, 2.24) is 19.7 Å². The lowest BCUT2D eigenvalue weighted by Gasteiger charge is -2.32. The van der Waals surface area contributed by atoms with Gasteiger partial charge in [-0.3, -0.25) is 0 Å². The molecule has 1 aliphatic heterocycles. The number of hydrogen-bond donors (Lipinski definition) is 0. The van der Waals surface area contributed by atoms with Gasteiger partial charge in [-0.2, -0.15) is 0 Å². The highest BCUT2D eigenvalue weighted by molar-refractivity contribution is 5.27. The Labute approximate surface area is 138 Å². The Morgan fingerprint density at radius 1 is 1.26 bits per heavy atom. The molecule has 1 fully saturated rings. The minimum Gasteiger partial charge on any atom is -0.493 e. The number of aryl methyl sites for hydroxylation is 2. The van der Waals surface area contributed by atoms with Crippen LogP contribution in [0.3, 0.4) is 0 Å². The van der Waals surface area contributed by atoms with Gasteiger partial charge in [0.2, 0.25) is 0 Å². The number of aromatic nitrogens is 3. The fraction of sp³-hybridized carbons (Fsp3) is 0.556. The van der Waals surface area contributed by atoms with Crippen molar-refractivity contribution in [3.63, 3.8) is 0 Å². The monoisotopic (exact) mass is 314 g/mol. The molecule has 5 heteroatoms. The van der Waals surface area contributed by atoms with E-state index in [-0.39, 0.29) is 0 Å². The van der Waals surface area contributed by atoms with Crippen molar-refractivity contribution in [2.45, 2.75) is 33.2 Å². The molecule has 1 aromatic carbocycles. The summed E-state index contributed by atoms with van der Waals surface area (Å²) in [5.41, 5.74) is 1.25. The maximum Gasteiger partial charge on any atom is 0.129 e. The Hall–Kier alpha value is -1.88. The quantitative estimate of drug-likeness (QED) is 0.822. The van der Waals surface area contributed by atoms with E-state index >= 15 is 0 Å². The number of nitrogens with zero attached hydrogens (tertiary/aromatic N) is 4. The summed E-state index contributed by atoms with van der Waals surface area (Å²) < 4.78 is 8.11. The van der Waals surface area contributed by atoms with Crippen molar-refractivity contribution in [2.24, 2.45) is 5.92 Å². The van der Waals surface area contributed by atoms with Gasteiger partial charge in [-0.1, -0.05) is 12.1 Å². The van der Waals surface area contributed by atoms with Gasteiger partial charge >= 0.3 is 0 Å². The molecule has 1 aliphatic rings. The molecule has 23 heavy (non-hydrogen) atoms. The molecule has 0 N–H and O–H groups in total. The Morgan fingerprint density at radius 2 is 2.17 bits per heavy atom. The molecule has 1 saturated heterocycles. The zero-order valence-corrected chi connectivity index (χ0v) is 14.1. The lowest BCUT2D eigenvalue weighted by Crippen LogP contribution is -2.39. The summed E-state index contributed by atoms with van der Waals surface area (Å²) in [6.45, 7) is 9.23. The molecule has 0 amide bonds. The average molecular weight is 314 g/mol. The summed E-state index contributed by atoms with van der Waals surface area (Å²) in [6.07, 6.45) is 4.33. The van der Waals surface area contributed by atoms with Gasteiger partial charge in [-0.05, 0) is 50.9 Å². The van der Waals surface area contributed by atoms with Gasteiger partial charge in [0.05, 0.1) is 6.61 Å². The molecule has 0 saturated carbocycles. The van der Waals surface area contributed by atoms with E-state index in [1.807, 2.05) is 19.3 Å². The van der Waals surface area contributed by atoms with Crippen molar-refractivity contribution in [3.8, 4) is 5.75 Å². The van der Waals surface area contributed by atoms with Gasteiger partial charge in [0.25, 0.3) is 0 Å². The van der Waals surface area contributed by atoms with Gasteiger partial charge in [0.1, 0.15) is 17.9 Å². The van der Waals surface area contributed by atoms with Crippen LogP contribution in [0.1, 0.15) is 24.2 Å². The van der Waals surface area contributed by atoms with Crippen molar-refractivity contribution in [1.29, 1.82) is 0 Å². The van der Waals surface area contributed by atoms with E-state index in [2.05, 4.69) is 44.8 Å². The van der Waals surface area contributed by atoms with Gasteiger partial charge in [-0.25, -0.2) is 0 Å². The Bertz CT molecular complexity index is 625. The fourth-order valence-corrected chi connectivity index (χ4v) is 3.19. The Kier molecular flexibility index (Phi) is 5.28. The molecule has 3 rings (SSSR count). The molecular formula is C18H26N4O. The highest BCUT2D eigenvalue weighted by Gasteiger charge is 2.20. The highest BCUT2D eigenvalue weighted by Crippen LogP contribution is 2.19. The molecule has 0 aliphatic carbocycles. The third-order valence-electron chi connectivity index (χ3n) is 4.54. The third-order valence-corrected chi connectivity index (χ3v) is 4.54. The van der Waals surface area contributed by atoms with E-state index in [1.165, 1.54) is 24.9 Å². The number of likely N-dealkylation sites (tertiary alicyclic amines) is 1. The summed E-state index contributed by atoms with van der Waals surface area (Å²) in [5.74, 6) is 2.59. The maximum atomic E-state index is 5.99. The number of hydrogen-bond acceptors (Lipinski definition) is 4. The second-order valence-electron chi connectivity index (χ2n) is 6.51. The molecule has 2 aromatic rings. The van der Waals surface area contributed by atoms with E-state index in [4.69, 9.17) is 4.74 Å². The smallest absolute Gasteiger partial charge is 0.129 e. The van der Waals surface area contributed by atoms with Crippen molar-refractivity contribution < 1.29 is 4.74 Å². The SMILES string of the molecule is Cc1cccc(OC[C@H]2CCCN(CCn3cnnc3C)C2)c1.